The van der Waals surface area contributed by atoms with Gasteiger partial charge in [0.05, 0.1) is 16.9 Å². The van der Waals surface area contributed by atoms with Gasteiger partial charge >= 0.3 is 5.97 Å². The molecular formula is C23H22N4O4. The van der Waals surface area contributed by atoms with Gasteiger partial charge in [-0.15, -0.1) is 0 Å². The fraction of sp³-hybridized carbons (Fsp3) is 0.217. The summed E-state index contributed by atoms with van der Waals surface area (Å²) in [6.07, 6.45) is 1.58. The van der Waals surface area contributed by atoms with E-state index in [1.54, 1.807) is 25.3 Å². The van der Waals surface area contributed by atoms with E-state index >= 15 is 0 Å². The summed E-state index contributed by atoms with van der Waals surface area (Å²) in [4.78, 5) is 28.7. The van der Waals surface area contributed by atoms with E-state index in [1.165, 1.54) is 9.96 Å². The second-order valence-corrected chi connectivity index (χ2v) is 7.50. The van der Waals surface area contributed by atoms with E-state index in [0.717, 1.165) is 16.9 Å². The largest absolute Gasteiger partial charge is 0.479 e. The number of hydrogen-bond donors (Lipinski definition) is 1. The van der Waals surface area contributed by atoms with Gasteiger partial charge in [-0.3, -0.25) is 9.20 Å². The van der Waals surface area contributed by atoms with Crippen molar-refractivity contribution < 1.29 is 14.6 Å². The number of aryl methyl sites for hydroxylation is 4. The molecule has 0 bridgehead atoms. The highest BCUT2D eigenvalue weighted by atomic mass is 16.5. The Morgan fingerprint density at radius 3 is 2.61 bits per heavy atom. The van der Waals surface area contributed by atoms with Crippen LogP contribution in [0.25, 0.3) is 22.6 Å². The van der Waals surface area contributed by atoms with Gasteiger partial charge in [0.25, 0.3) is 5.56 Å². The van der Waals surface area contributed by atoms with Gasteiger partial charge in [0.2, 0.25) is 0 Å². The van der Waals surface area contributed by atoms with E-state index in [1.807, 2.05) is 43.7 Å². The van der Waals surface area contributed by atoms with Crippen molar-refractivity contribution in [3.63, 3.8) is 0 Å². The zero-order chi connectivity index (χ0) is 22.3. The highest BCUT2D eigenvalue weighted by molar-refractivity contribution is 5.70. The molecule has 0 aliphatic rings. The fourth-order valence-electron chi connectivity index (χ4n) is 3.67. The molecule has 0 fully saturated rings. The third-order valence-electron chi connectivity index (χ3n) is 5.07. The molecule has 8 nitrogen and oxygen atoms in total. The predicted molar refractivity (Wildman–Crippen MR) is 116 cm³/mol. The van der Waals surface area contributed by atoms with Crippen LogP contribution in [0.5, 0.6) is 5.75 Å². The molecule has 8 heteroatoms. The number of fused-ring (bicyclic) bond motifs is 1. The molecule has 4 rings (SSSR count). The van der Waals surface area contributed by atoms with E-state index in [4.69, 9.17) is 14.9 Å². The van der Waals surface area contributed by atoms with Gasteiger partial charge in [-0.25, -0.2) is 14.5 Å². The molecule has 0 saturated carbocycles. The quantitative estimate of drug-likeness (QED) is 0.534. The molecule has 0 atom stereocenters. The lowest BCUT2D eigenvalue weighted by atomic mass is 10.1. The number of carbonyl (C=O) groups is 1. The summed E-state index contributed by atoms with van der Waals surface area (Å²) in [6.45, 7) is 7.22. The number of rotatable bonds is 5. The van der Waals surface area contributed by atoms with Crippen LogP contribution in [0.1, 0.15) is 22.5 Å². The third-order valence-corrected chi connectivity index (χ3v) is 5.07. The summed E-state index contributed by atoms with van der Waals surface area (Å²) in [6, 6.07) is 11.2. The lowest BCUT2D eigenvalue weighted by Gasteiger charge is -2.11. The maximum absolute atomic E-state index is 13.3. The highest BCUT2D eigenvalue weighted by Crippen LogP contribution is 2.25. The van der Waals surface area contributed by atoms with Crippen molar-refractivity contribution in [3.8, 4) is 22.7 Å². The van der Waals surface area contributed by atoms with E-state index in [0.29, 0.717) is 17.0 Å². The van der Waals surface area contributed by atoms with Crippen molar-refractivity contribution in [1.82, 2.24) is 19.2 Å². The maximum Gasteiger partial charge on any atom is 0.341 e. The molecule has 0 aliphatic carbocycles. The molecule has 1 aromatic carbocycles. The first-order valence-corrected chi connectivity index (χ1v) is 9.77. The molecule has 1 N–H and O–H groups in total. The van der Waals surface area contributed by atoms with Gasteiger partial charge in [0.15, 0.2) is 18.0 Å². The summed E-state index contributed by atoms with van der Waals surface area (Å²) < 4.78 is 8.47. The number of aliphatic carboxylic acids is 1. The van der Waals surface area contributed by atoms with Gasteiger partial charge in [0.1, 0.15) is 5.69 Å². The molecule has 0 amide bonds. The summed E-state index contributed by atoms with van der Waals surface area (Å²) in [5, 5.41) is 13.6. The minimum Gasteiger partial charge on any atom is -0.479 e. The number of hydrogen-bond acceptors (Lipinski definition) is 5. The van der Waals surface area contributed by atoms with Gasteiger partial charge in [-0.05, 0) is 57.5 Å². The van der Waals surface area contributed by atoms with Crippen molar-refractivity contribution in [2.24, 2.45) is 0 Å². The summed E-state index contributed by atoms with van der Waals surface area (Å²) >= 11 is 0. The monoisotopic (exact) mass is 418 g/mol. The zero-order valence-corrected chi connectivity index (χ0v) is 17.7. The van der Waals surface area contributed by atoms with Crippen molar-refractivity contribution in [3.05, 3.63) is 75.5 Å². The SMILES string of the molecule is Cc1ccc(-n2nc(-c3c(C)nc4c(OCC(=O)O)cccn4c3=O)cc2C)c(C)c1. The molecule has 0 spiro atoms. The Morgan fingerprint density at radius 1 is 1.13 bits per heavy atom. The normalized spacial score (nSPS) is 11.1. The second kappa shape index (κ2) is 7.71. The van der Waals surface area contributed by atoms with E-state index < -0.39 is 12.6 Å². The molecule has 158 valence electrons. The van der Waals surface area contributed by atoms with Gasteiger partial charge in [-0.2, -0.15) is 5.10 Å². The molecule has 0 saturated heterocycles. The number of aromatic nitrogens is 4. The Hall–Kier alpha value is -3.94. The standard InChI is InChI=1S/C23H22N4O4/c1-13-7-8-18(14(2)10-13)27-15(3)11-17(25-27)21-16(4)24-22-19(31-12-20(28)29)6-5-9-26(22)23(21)30/h5-11H,12H2,1-4H3,(H,28,29). The summed E-state index contributed by atoms with van der Waals surface area (Å²) in [5.74, 6) is -0.876. The van der Waals surface area contributed by atoms with E-state index in [-0.39, 0.29) is 17.0 Å². The van der Waals surface area contributed by atoms with Crippen LogP contribution in [0.3, 0.4) is 0 Å². The van der Waals surface area contributed by atoms with Crippen molar-refractivity contribution in [1.29, 1.82) is 0 Å². The minimum absolute atomic E-state index is 0.230. The first-order valence-electron chi connectivity index (χ1n) is 9.77. The van der Waals surface area contributed by atoms with Crippen LogP contribution >= 0.6 is 0 Å². The molecule has 31 heavy (non-hydrogen) atoms. The fourth-order valence-corrected chi connectivity index (χ4v) is 3.67. The lowest BCUT2D eigenvalue weighted by molar-refractivity contribution is -0.139. The van der Waals surface area contributed by atoms with E-state index in [2.05, 4.69) is 11.1 Å². The summed E-state index contributed by atoms with van der Waals surface area (Å²) in [5.41, 5.74) is 5.46. The second-order valence-electron chi connectivity index (χ2n) is 7.50. The Balaban J connectivity index is 1.86. The number of carboxylic acids is 1. The molecule has 3 aromatic heterocycles. The molecule has 0 unspecified atom stereocenters. The van der Waals surface area contributed by atoms with Crippen molar-refractivity contribution in [2.75, 3.05) is 6.61 Å². The van der Waals surface area contributed by atoms with Crippen LogP contribution in [0.15, 0.2) is 47.4 Å². The smallest absolute Gasteiger partial charge is 0.341 e. The maximum atomic E-state index is 13.3. The first-order chi connectivity index (χ1) is 14.8. The minimum atomic E-state index is -1.11. The number of benzene rings is 1. The molecule has 4 aromatic rings. The van der Waals surface area contributed by atoms with Gasteiger partial charge < -0.3 is 9.84 Å². The van der Waals surface area contributed by atoms with Gasteiger partial charge in [0, 0.05) is 11.9 Å². The number of ether oxygens (including phenoxy) is 1. The van der Waals surface area contributed by atoms with Crippen LogP contribution in [0.4, 0.5) is 0 Å². The Labute approximate surface area is 178 Å². The molecule has 0 aliphatic heterocycles. The van der Waals surface area contributed by atoms with Crippen LogP contribution in [0, 0.1) is 27.7 Å². The van der Waals surface area contributed by atoms with Gasteiger partial charge in [-0.1, -0.05) is 17.7 Å². The van der Waals surface area contributed by atoms with Crippen LogP contribution < -0.4 is 10.3 Å². The lowest BCUT2D eigenvalue weighted by Crippen LogP contribution is -2.20. The highest BCUT2D eigenvalue weighted by Gasteiger charge is 2.19. The zero-order valence-electron chi connectivity index (χ0n) is 17.7. The summed E-state index contributed by atoms with van der Waals surface area (Å²) in [7, 11) is 0. The van der Waals surface area contributed by atoms with Crippen LogP contribution in [0.2, 0.25) is 0 Å². The number of pyridine rings is 1. The average molecular weight is 418 g/mol. The first kappa shape index (κ1) is 20.3. The topological polar surface area (TPSA) is 98.7 Å². The Kier molecular flexibility index (Phi) is 5.06. The number of carboxylic acid groups (broad SMARTS) is 1. The van der Waals surface area contributed by atoms with Crippen molar-refractivity contribution >= 4 is 11.6 Å². The average Bonchev–Trinajstić information content (AvgIpc) is 3.07. The van der Waals surface area contributed by atoms with Crippen LogP contribution in [-0.2, 0) is 4.79 Å². The third kappa shape index (κ3) is 3.68. The molecule has 3 heterocycles. The van der Waals surface area contributed by atoms with E-state index in [9.17, 15) is 9.59 Å². The number of nitrogens with zero attached hydrogens (tertiary/aromatic N) is 4. The van der Waals surface area contributed by atoms with Crippen molar-refractivity contribution in [2.45, 2.75) is 27.7 Å². The Morgan fingerprint density at radius 2 is 1.90 bits per heavy atom. The Bertz CT molecular complexity index is 1380. The van der Waals surface area contributed by atoms with Crippen LogP contribution in [-0.4, -0.2) is 36.8 Å². The molecular weight excluding hydrogens is 396 g/mol. The molecule has 0 radical (unpaired) electrons. The predicted octanol–water partition coefficient (Wildman–Crippen LogP) is 3.24.